The zero-order valence-electron chi connectivity index (χ0n) is 11.7. The lowest BCUT2D eigenvalue weighted by molar-refractivity contribution is 0.525. The molecule has 0 amide bonds. The topological polar surface area (TPSA) is 34.9 Å². The summed E-state index contributed by atoms with van der Waals surface area (Å²) >= 11 is 7.76. The maximum atomic E-state index is 11.5. The summed E-state index contributed by atoms with van der Waals surface area (Å²) in [6, 6.07) is 9.50. The lowest BCUT2D eigenvalue weighted by Gasteiger charge is -2.18. The van der Waals surface area contributed by atoms with Gasteiger partial charge in [0.1, 0.15) is 0 Å². The Labute approximate surface area is 128 Å². The third-order valence-corrected chi connectivity index (χ3v) is 4.45. The third kappa shape index (κ3) is 3.44. The maximum Gasteiger partial charge on any atom is 0.273 e. The number of hydrogen-bond donors (Lipinski definition) is 0. The van der Waals surface area contributed by atoms with E-state index < -0.39 is 0 Å². The Bertz CT molecular complexity index is 654. The van der Waals surface area contributed by atoms with Gasteiger partial charge in [0, 0.05) is 28.6 Å². The van der Waals surface area contributed by atoms with E-state index in [2.05, 4.69) is 25.8 Å². The molecule has 0 unspecified atom stereocenters. The molecule has 2 rings (SSSR count). The first-order chi connectivity index (χ1) is 9.49. The van der Waals surface area contributed by atoms with Crippen LogP contribution < -0.4 is 5.56 Å². The standard InChI is InChI=1S/C15H17ClN2OS/c1-10(2)18-9-8-14(19)17-15(18)20-11(3)12-6-4-5-7-13(12)16/h4-11H,1-3H3/t11-/m0/s1. The Morgan fingerprint density at radius 2 is 1.90 bits per heavy atom. The van der Waals surface area contributed by atoms with Crippen molar-refractivity contribution in [1.29, 1.82) is 0 Å². The second-order valence-corrected chi connectivity index (χ2v) is 6.55. The molecule has 0 aliphatic carbocycles. The smallest absolute Gasteiger partial charge is 0.273 e. The minimum atomic E-state index is -0.212. The Morgan fingerprint density at radius 3 is 2.55 bits per heavy atom. The Balaban J connectivity index is 2.32. The van der Waals surface area contributed by atoms with E-state index in [1.165, 1.54) is 6.07 Å². The van der Waals surface area contributed by atoms with Gasteiger partial charge in [-0.3, -0.25) is 4.79 Å². The van der Waals surface area contributed by atoms with E-state index in [0.29, 0.717) is 0 Å². The van der Waals surface area contributed by atoms with Crippen LogP contribution in [0.15, 0.2) is 46.5 Å². The highest BCUT2D eigenvalue weighted by atomic mass is 35.5. The second-order valence-electron chi connectivity index (χ2n) is 4.83. The molecule has 0 bridgehead atoms. The predicted molar refractivity (Wildman–Crippen MR) is 84.6 cm³/mol. The fourth-order valence-corrected chi connectivity index (χ4v) is 3.45. The second kappa shape index (κ2) is 6.46. The van der Waals surface area contributed by atoms with Gasteiger partial charge in [0.15, 0.2) is 5.16 Å². The van der Waals surface area contributed by atoms with Gasteiger partial charge in [0.2, 0.25) is 0 Å². The zero-order valence-corrected chi connectivity index (χ0v) is 13.3. The highest BCUT2D eigenvalue weighted by molar-refractivity contribution is 7.99. The molecule has 1 atom stereocenters. The number of halogens is 1. The summed E-state index contributed by atoms with van der Waals surface area (Å²) in [6.45, 7) is 6.20. The van der Waals surface area contributed by atoms with E-state index in [-0.39, 0.29) is 16.9 Å². The van der Waals surface area contributed by atoms with Crippen LogP contribution in [0, 0.1) is 0 Å². The number of thioether (sulfide) groups is 1. The lowest BCUT2D eigenvalue weighted by atomic mass is 10.2. The molecule has 0 saturated carbocycles. The van der Waals surface area contributed by atoms with Crippen molar-refractivity contribution in [2.24, 2.45) is 0 Å². The highest BCUT2D eigenvalue weighted by Crippen LogP contribution is 2.37. The van der Waals surface area contributed by atoms with Gasteiger partial charge in [-0.25, -0.2) is 0 Å². The number of rotatable bonds is 4. The van der Waals surface area contributed by atoms with E-state index in [9.17, 15) is 4.79 Å². The average molecular weight is 309 g/mol. The van der Waals surface area contributed by atoms with Crippen molar-refractivity contribution >= 4 is 23.4 Å². The van der Waals surface area contributed by atoms with Crippen molar-refractivity contribution in [1.82, 2.24) is 9.55 Å². The summed E-state index contributed by atoms with van der Waals surface area (Å²) in [6.07, 6.45) is 1.79. The molecule has 2 aromatic rings. The number of aromatic nitrogens is 2. The van der Waals surface area contributed by atoms with Gasteiger partial charge in [-0.15, -0.1) is 0 Å². The first-order valence-electron chi connectivity index (χ1n) is 6.49. The average Bonchev–Trinajstić information content (AvgIpc) is 2.38. The lowest BCUT2D eigenvalue weighted by Crippen LogP contribution is -2.15. The van der Waals surface area contributed by atoms with Crippen molar-refractivity contribution in [2.45, 2.75) is 37.2 Å². The summed E-state index contributed by atoms with van der Waals surface area (Å²) in [4.78, 5) is 15.6. The summed E-state index contributed by atoms with van der Waals surface area (Å²) < 4.78 is 2.00. The van der Waals surface area contributed by atoms with E-state index in [4.69, 9.17) is 11.6 Å². The normalized spacial score (nSPS) is 12.7. The minimum Gasteiger partial charge on any atom is -0.325 e. The minimum absolute atomic E-state index is 0.128. The van der Waals surface area contributed by atoms with Crippen LogP contribution in [0.5, 0.6) is 0 Å². The molecular formula is C15H17ClN2OS. The van der Waals surface area contributed by atoms with E-state index in [1.807, 2.05) is 28.8 Å². The summed E-state index contributed by atoms with van der Waals surface area (Å²) in [5.41, 5.74) is 0.836. The summed E-state index contributed by atoms with van der Waals surface area (Å²) in [5.74, 6) is 0. The predicted octanol–water partition coefficient (Wildman–Crippen LogP) is 4.33. The molecule has 5 heteroatoms. The SMILES string of the molecule is CC(C)n1ccc(=O)nc1S[C@@H](C)c1ccccc1Cl. The van der Waals surface area contributed by atoms with Gasteiger partial charge in [0.25, 0.3) is 5.56 Å². The quantitative estimate of drug-likeness (QED) is 0.623. The van der Waals surface area contributed by atoms with Crippen LogP contribution in [0.1, 0.15) is 37.6 Å². The van der Waals surface area contributed by atoms with Crippen LogP contribution in [-0.4, -0.2) is 9.55 Å². The van der Waals surface area contributed by atoms with E-state index in [0.717, 1.165) is 15.7 Å². The van der Waals surface area contributed by atoms with Gasteiger partial charge in [-0.2, -0.15) is 4.98 Å². The first-order valence-corrected chi connectivity index (χ1v) is 7.75. The molecule has 0 N–H and O–H groups in total. The Morgan fingerprint density at radius 1 is 1.20 bits per heavy atom. The highest BCUT2D eigenvalue weighted by Gasteiger charge is 2.15. The molecule has 1 heterocycles. The molecule has 1 aromatic carbocycles. The van der Waals surface area contributed by atoms with Gasteiger partial charge in [0.05, 0.1) is 0 Å². The fourth-order valence-electron chi connectivity index (χ4n) is 1.90. The van der Waals surface area contributed by atoms with Crippen LogP contribution in [0.4, 0.5) is 0 Å². The summed E-state index contributed by atoms with van der Waals surface area (Å²) in [7, 11) is 0. The van der Waals surface area contributed by atoms with Crippen LogP contribution in [0.25, 0.3) is 0 Å². The zero-order chi connectivity index (χ0) is 14.7. The Kier molecular flexibility index (Phi) is 4.89. The molecule has 0 saturated heterocycles. The number of benzene rings is 1. The van der Waals surface area contributed by atoms with Gasteiger partial charge < -0.3 is 4.57 Å². The Hall–Kier alpha value is -1.26. The fraction of sp³-hybridized carbons (Fsp3) is 0.333. The molecular weight excluding hydrogens is 292 g/mol. The van der Waals surface area contributed by atoms with Gasteiger partial charge >= 0.3 is 0 Å². The molecule has 0 aliphatic rings. The molecule has 0 aliphatic heterocycles. The summed E-state index contributed by atoms with van der Waals surface area (Å²) in [5, 5.41) is 1.59. The molecule has 1 aromatic heterocycles. The van der Waals surface area contributed by atoms with Crippen molar-refractivity contribution < 1.29 is 0 Å². The van der Waals surface area contributed by atoms with Crippen LogP contribution >= 0.6 is 23.4 Å². The van der Waals surface area contributed by atoms with Crippen molar-refractivity contribution in [2.75, 3.05) is 0 Å². The van der Waals surface area contributed by atoms with Crippen molar-refractivity contribution in [3.8, 4) is 0 Å². The number of nitrogens with zero attached hydrogens (tertiary/aromatic N) is 2. The molecule has 0 fully saturated rings. The van der Waals surface area contributed by atoms with Crippen molar-refractivity contribution in [3.05, 3.63) is 57.5 Å². The van der Waals surface area contributed by atoms with Gasteiger partial charge in [-0.05, 0) is 32.4 Å². The molecule has 3 nitrogen and oxygen atoms in total. The van der Waals surface area contributed by atoms with Crippen molar-refractivity contribution in [3.63, 3.8) is 0 Å². The third-order valence-electron chi connectivity index (χ3n) is 2.99. The molecule has 0 spiro atoms. The van der Waals surface area contributed by atoms with E-state index >= 15 is 0 Å². The van der Waals surface area contributed by atoms with Gasteiger partial charge in [-0.1, -0.05) is 41.6 Å². The molecule has 0 radical (unpaired) electrons. The molecule has 20 heavy (non-hydrogen) atoms. The first kappa shape index (κ1) is 15.1. The number of hydrogen-bond acceptors (Lipinski definition) is 3. The van der Waals surface area contributed by atoms with Crippen LogP contribution in [0.3, 0.4) is 0 Å². The van der Waals surface area contributed by atoms with E-state index in [1.54, 1.807) is 18.0 Å². The van der Waals surface area contributed by atoms with Crippen LogP contribution in [0.2, 0.25) is 5.02 Å². The maximum absolute atomic E-state index is 11.5. The largest absolute Gasteiger partial charge is 0.325 e. The van der Waals surface area contributed by atoms with Crippen LogP contribution in [-0.2, 0) is 0 Å². The molecule has 106 valence electrons. The monoisotopic (exact) mass is 308 g/mol.